The van der Waals surface area contributed by atoms with Crippen LogP contribution >= 0.6 is 0 Å². The number of carbonyl (C=O) groups is 2. The van der Waals surface area contributed by atoms with Crippen molar-refractivity contribution in [3.63, 3.8) is 0 Å². The summed E-state index contributed by atoms with van der Waals surface area (Å²) in [6.07, 6.45) is -3.43. The van der Waals surface area contributed by atoms with Gasteiger partial charge in [0.15, 0.2) is 0 Å². The van der Waals surface area contributed by atoms with Gasteiger partial charge in [0.25, 0.3) is 0 Å². The minimum absolute atomic E-state index is 0.103. The van der Waals surface area contributed by atoms with Gasteiger partial charge in [-0.25, -0.2) is 9.97 Å². The molecule has 1 aromatic heterocycles. The normalized spacial score (nSPS) is 11.1. The third-order valence-electron chi connectivity index (χ3n) is 4.61. The Morgan fingerprint density at radius 2 is 1.73 bits per heavy atom. The number of nitrogens with one attached hydrogen (secondary N) is 2. The lowest BCUT2D eigenvalue weighted by Gasteiger charge is -2.13. The summed E-state index contributed by atoms with van der Waals surface area (Å²) in [6, 6.07) is 10.2. The Morgan fingerprint density at radius 3 is 2.39 bits per heavy atom. The Balaban J connectivity index is 1.67. The van der Waals surface area contributed by atoms with Gasteiger partial charge in [0, 0.05) is 18.7 Å². The van der Waals surface area contributed by atoms with Crippen molar-refractivity contribution in [3.05, 3.63) is 71.0 Å². The monoisotopic (exact) mass is 458 g/mol. The minimum Gasteiger partial charge on any atom is -0.439 e. The van der Waals surface area contributed by atoms with Gasteiger partial charge < -0.3 is 15.4 Å². The third kappa shape index (κ3) is 6.52. The number of benzene rings is 2. The van der Waals surface area contributed by atoms with Crippen LogP contribution in [0, 0.1) is 13.8 Å². The van der Waals surface area contributed by atoms with E-state index in [1.807, 2.05) is 0 Å². The Labute approximate surface area is 188 Å². The molecule has 10 heteroatoms. The van der Waals surface area contributed by atoms with Crippen molar-refractivity contribution in [2.45, 2.75) is 33.4 Å². The van der Waals surface area contributed by atoms with Gasteiger partial charge in [0.05, 0.1) is 12.0 Å². The maximum Gasteiger partial charge on any atom is 0.416 e. The zero-order valence-corrected chi connectivity index (χ0v) is 18.1. The second kappa shape index (κ2) is 9.68. The van der Waals surface area contributed by atoms with Crippen LogP contribution in [0.25, 0.3) is 0 Å². The summed E-state index contributed by atoms with van der Waals surface area (Å²) in [5, 5.41) is 5.23. The van der Waals surface area contributed by atoms with Crippen molar-refractivity contribution in [2.24, 2.45) is 0 Å². The highest BCUT2D eigenvalue weighted by Crippen LogP contribution is 2.32. The number of aromatic nitrogens is 2. The van der Waals surface area contributed by atoms with Crippen molar-refractivity contribution < 1.29 is 27.5 Å². The van der Waals surface area contributed by atoms with Crippen LogP contribution in [-0.2, 0) is 22.2 Å². The van der Waals surface area contributed by atoms with Gasteiger partial charge in [0.2, 0.25) is 17.7 Å². The van der Waals surface area contributed by atoms with Crippen LogP contribution in [0.15, 0.2) is 48.8 Å². The predicted octanol–water partition coefficient (Wildman–Crippen LogP) is 5.04. The number of hydrogen-bond acceptors (Lipinski definition) is 5. The first-order valence-corrected chi connectivity index (χ1v) is 9.86. The lowest BCUT2D eigenvalue weighted by Crippen LogP contribution is -2.16. The number of halogens is 3. The average molecular weight is 458 g/mol. The van der Waals surface area contributed by atoms with Crippen LogP contribution in [0.3, 0.4) is 0 Å². The van der Waals surface area contributed by atoms with E-state index in [0.29, 0.717) is 17.0 Å². The molecule has 1 heterocycles. The Morgan fingerprint density at radius 1 is 0.970 bits per heavy atom. The lowest BCUT2D eigenvalue weighted by molar-refractivity contribution is -0.138. The summed E-state index contributed by atoms with van der Waals surface area (Å²) in [4.78, 5) is 31.4. The van der Waals surface area contributed by atoms with E-state index < -0.39 is 17.6 Å². The Hall–Kier alpha value is -3.95. The molecule has 0 aliphatic rings. The van der Waals surface area contributed by atoms with E-state index in [-0.39, 0.29) is 35.2 Å². The van der Waals surface area contributed by atoms with Gasteiger partial charge >= 0.3 is 6.18 Å². The second-order valence-electron chi connectivity index (χ2n) is 7.37. The zero-order valence-electron chi connectivity index (χ0n) is 18.1. The van der Waals surface area contributed by atoms with Gasteiger partial charge in [-0.15, -0.1) is 0 Å². The highest BCUT2D eigenvalue weighted by molar-refractivity contribution is 5.93. The van der Waals surface area contributed by atoms with Gasteiger partial charge in [0.1, 0.15) is 17.9 Å². The zero-order chi connectivity index (χ0) is 24.2. The minimum atomic E-state index is -4.48. The Bertz CT molecular complexity index is 1200. The standard InChI is InChI=1S/C23H21F3N4O3/c1-13-4-5-16(9-18(13)23(24,25)26)10-21(32)30-19-7-6-17(8-14(19)2)33-22-11-20(27-12-28-22)29-15(3)31/h4-9,11-12H,10H2,1-3H3,(H,30,32)(H,27,28,29,31). The number of alkyl halides is 3. The van der Waals surface area contributed by atoms with Crippen molar-refractivity contribution in [1.82, 2.24) is 9.97 Å². The SMILES string of the molecule is CC(=O)Nc1cc(Oc2ccc(NC(=O)Cc3ccc(C)c(C(F)(F)F)c3)c(C)c2)ncn1. The first kappa shape index (κ1) is 23.7. The third-order valence-corrected chi connectivity index (χ3v) is 4.61. The van der Waals surface area contributed by atoms with Crippen molar-refractivity contribution in [3.8, 4) is 11.6 Å². The summed E-state index contributed by atoms with van der Waals surface area (Å²) in [6.45, 7) is 4.48. The lowest BCUT2D eigenvalue weighted by atomic mass is 10.0. The molecule has 0 unspecified atom stereocenters. The molecule has 0 aliphatic heterocycles. The molecule has 3 rings (SSSR count). The summed E-state index contributed by atoms with van der Waals surface area (Å²) < 4.78 is 45.0. The van der Waals surface area contributed by atoms with Crippen molar-refractivity contribution in [2.75, 3.05) is 10.6 Å². The molecule has 3 aromatic rings. The predicted molar refractivity (Wildman–Crippen MR) is 116 cm³/mol. The molecule has 0 bridgehead atoms. The smallest absolute Gasteiger partial charge is 0.416 e. The molecule has 7 nitrogen and oxygen atoms in total. The van der Waals surface area contributed by atoms with Crippen molar-refractivity contribution in [1.29, 1.82) is 0 Å². The number of aryl methyl sites for hydroxylation is 2. The molecule has 2 N–H and O–H groups in total. The van der Waals surface area contributed by atoms with E-state index >= 15 is 0 Å². The molecule has 0 saturated heterocycles. The van der Waals surface area contributed by atoms with E-state index in [4.69, 9.17) is 4.74 Å². The number of carbonyl (C=O) groups excluding carboxylic acids is 2. The maximum absolute atomic E-state index is 13.1. The molecule has 172 valence electrons. The quantitative estimate of drug-likeness (QED) is 0.540. The average Bonchev–Trinajstić information content (AvgIpc) is 2.70. The van der Waals surface area contributed by atoms with Crippen LogP contribution < -0.4 is 15.4 Å². The fourth-order valence-corrected chi connectivity index (χ4v) is 3.07. The highest BCUT2D eigenvalue weighted by Gasteiger charge is 2.32. The van der Waals surface area contributed by atoms with E-state index in [2.05, 4.69) is 20.6 Å². The maximum atomic E-state index is 13.1. The number of amides is 2. The molecular formula is C23H21F3N4O3. The van der Waals surface area contributed by atoms with E-state index in [1.165, 1.54) is 38.4 Å². The van der Waals surface area contributed by atoms with Gasteiger partial charge in [-0.2, -0.15) is 13.2 Å². The molecule has 33 heavy (non-hydrogen) atoms. The van der Waals surface area contributed by atoms with Crippen molar-refractivity contribution >= 4 is 23.3 Å². The summed E-state index contributed by atoms with van der Waals surface area (Å²) in [7, 11) is 0. The van der Waals surface area contributed by atoms with Crippen LogP contribution in [0.1, 0.15) is 29.2 Å². The Kier molecular flexibility index (Phi) is 6.95. The summed E-state index contributed by atoms with van der Waals surface area (Å²) in [5.74, 6) is 0.212. The number of rotatable bonds is 6. The number of anilines is 2. The van der Waals surface area contributed by atoms with E-state index in [1.54, 1.807) is 25.1 Å². The molecule has 0 fully saturated rings. The van der Waals surface area contributed by atoms with E-state index in [0.717, 1.165) is 6.07 Å². The molecule has 0 radical (unpaired) electrons. The van der Waals surface area contributed by atoms with Gasteiger partial charge in [-0.3, -0.25) is 9.59 Å². The van der Waals surface area contributed by atoms with Crippen LogP contribution in [0.5, 0.6) is 11.6 Å². The molecule has 0 saturated carbocycles. The highest BCUT2D eigenvalue weighted by atomic mass is 19.4. The molecule has 0 spiro atoms. The topological polar surface area (TPSA) is 93.2 Å². The first-order valence-electron chi connectivity index (χ1n) is 9.86. The van der Waals surface area contributed by atoms with Crippen LogP contribution in [0.4, 0.5) is 24.7 Å². The van der Waals surface area contributed by atoms with Gasteiger partial charge in [-0.05, 0) is 54.8 Å². The first-order chi connectivity index (χ1) is 15.5. The van der Waals surface area contributed by atoms with E-state index in [9.17, 15) is 22.8 Å². The molecule has 2 aromatic carbocycles. The molecular weight excluding hydrogens is 437 g/mol. The largest absolute Gasteiger partial charge is 0.439 e. The van der Waals surface area contributed by atoms with Crippen LogP contribution in [-0.4, -0.2) is 21.8 Å². The number of hydrogen-bond donors (Lipinski definition) is 2. The fraction of sp³-hybridized carbons (Fsp3) is 0.217. The summed E-state index contributed by atoms with van der Waals surface area (Å²) in [5.41, 5.74) is 0.790. The molecule has 2 amide bonds. The number of ether oxygens (including phenoxy) is 1. The summed E-state index contributed by atoms with van der Waals surface area (Å²) >= 11 is 0. The number of nitrogens with zero attached hydrogens (tertiary/aromatic N) is 2. The molecule has 0 aliphatic carbocycles. The van der Waals surface area contributed by atoms with Gasteiger partial charge in [-0.1, -0.05) is 12.1 Å². The second-order valence-corrected chi connectivity index (χ2v) is 7.37. The molecule has 0 atom stereocenters. The van der Waals surface area contributed by atoms with Crippen LogP contribution in [0.2, 0.25) is 0 Å². The fourth-order valence-electron chi connectivity index (χ4n) is 3.07.